The first kappa shape index (κ1) is 17.0. The molecule has 1 N–H and O–H groups in total. The molecule has 0 spiro atoms. The molecule has 1 aliphatic heterocycles. The third-order valence-electron chi connectivity index (χ3n) is 4.45. The van der Waals surface area contributed by atoms with Crippen LogP contribution in [0.15, 0.2) is 24.3 Å². The number of rotatable bonds is 4. The summed E-state index contributed by atoms with van der Waals surface area (Å²) in [6.45, 7) is 7.64. The zero-order chi connectivity index (χ0) is 17.1. The number of pyridine rings is 1. The topological polar surface area (TPSA) is 61.2 Å². The second-order valence-electron chi connectivity index (χ2n) is 6.22. The number of nitrogens with one attached hydrogen (secondary N) is 1. The lowest BCUT2D eigenvalue weighted by atomic mass is 10.1. The third-order valence-corrected chi connectivity index (χ3v) is 4.69. The number of fused-ring (bicyclic) bond motifs is 1. The van der Waals surface area contributed by atoms with Gasteiger partial charge in [-0.25, -0.2) is 4.98 Å². The van der Waals surface area contributed by atoms with Crippen molar-refractivity contribution in [2.45, 2.75) is 25.9 Å². The Hall–Kier alpha value is -1.87. The fourth-order valence-corrected chi connectivity index (χ4v) is 3.32. The van der Waals surface area contributed by atoms with Gasteiger partial charge in [-0.1, -0.05) is 11.6 Å². The SMILES string of the molecule is CC(CNc1cc(C#N)c2cc(Cl)ccc2n1)N1CCOCC1C. The maximum Gasteiger partial charge on any atom is 0.128 e. The van der Waals surface area contributed by atoms with Crippen LogP contribution in [0.3, 0.4) is 0 Å². The minimum atomic E-state index is 0.358. The molecular weight excluding hydrogens is 324 g/mol. The Bertz CT molecular complexity index is 773. The van der Waals surface area contributed by atoms with Crippen molar-refractivity contribution >= 4 is 28.3 Å². The third kappa shape index (κ3) is 3.62. The highest BCUT2D eigenvalue weighted by Gasteiger charge is 2.23. The predicted molar refractivity (Wildman–Crippen MR) is 96.4 cm³/mol. The molecule has 2 aromatic rings. The van der Waals surface area contributed by atoms with Gasteiger partial charge in [-0.3, -0.25) is 4.90 Å². The van der Waals surface area contributed by atoms with Crippen LogP contribution < -0.4 is 5.32 Å². The van der Waals surface area contributed by atoms with Crippen LogP contribution in [0.25, 0.3) is 10.9 Å². The quantitative estimate of drug-likeness (QED) is 0.922. The van der Waals surface area contributed by atoms with E-state index < -0.39 is 0 Å². The van der Waals surface area contributed by atoms with E-state index in [1.165, 1.54) is 0 Å². The molecule has 1 saturated heterocycles. The molecule has 1 aromatic carbocycles. The molecule has 24 heavy (non-hydrogen) atoms. The second kappa shape index (κ2) is 7.35. The van der Waals surface area contributed by atoms with Crippen molar-refractivity contribution < 1.29 is 4.74 Å². The lowest BCUT2D eigenvalue weighted by molar-refractivity contribution is -0.0159. The molecule has 2 unspecified atom stereocenters. The molecule has 0 radical (unpaired) electrons. The maximum absolute atomic E-state index is 9.40. The Labute approximate surface area is 147 Å². The Morgan fingerprint density at radius 1 is 1.50 bits per heavy atom. The van der Waals surface area contributed by atoms with Gasteiger partial charge in [0.05, 0.1) is 30.4 Å². The summed E-state index contributed by atoms with van der Waals surface area (Å²) >= 11 is 6.02. The van der Waals surface area contributed by atoms with Gasteiger partial charge >= 0.3 is 0 Å². The minimum Gasteiger partial charge on any atom is -0.379 e. The molecule has 2 atom stereocenters. The van der Waals surface area contributed by atoms with Crippen molar-refractivity contribution in [2.24, 2.45) is 0 Å². The number of aromatic nitrogens is 1. The Kier molecular flexibility index (Phi) is 5.20. The monoisotopic (exact) mass is 344 g/mol. The summed E-state index contributed by atoms with van der Waals surface area (Å²) in [5, 5.41) is 14.2. The number of benzene rings is 1. The zero-order valence-electron chi connectivity index (χ0n) is 13.9. The van der Waals surface area contributed by atoms with Gasteiger partial charge < -0.3 is 10.1 Å². The summed E-state index contributed by atoms with van der Waals surface area (Å²) in [4.78, 5) is 7.03. The molecule has 5 nitrogen and oxygen atoms in total. The van der Waals surface area contributed by atoms with E-state index in [1.54, 1.807) is 18.2 Å². The van der Waals surface area contributed by atoms with E-state index in [4.69, 9.17) is 16.3 Å². The first-order chi connectivity index (χ1) is 11.6. The van der Waals surface area contributed by atoms with Crippen LogP contribution in [0.2, 0.25) is 5.02 Å². The predicted octanol–water partition coefficient (Wildman–Crippen LogP) is 3.28. The van der Waals surface area contributed by atoms with Crippen molar-refractivity contribution in [3.05, 3.63) is 34.9 Å². The van der Waals surface area contributed by atoms with Crippen LogP contribution in [0.5, 0.6) is 0 Å². The van der Waals surface area contributed by atoms with E-state index in [2.05, 4.69) is 35.1 Å². The van der Waals surface area contributed by atoms with Gasteiger partial charge in [-0.15, -0.1) is 0 Å². The molecular formula is C18H21ClN4O. The van der Waals surface area contributed by atoms with Crippen LogP contribution in [-0.4, -0.2) is 48.3 Å². The molecule has 1 aromatic heterocycles. The van der Waals surface area contributed by atoms with Gasteiger partial charge in [-0.2, -0.15) is 5.26 Å². The van der Waals surface area contributed by atoms with E-state index in [1.807, 2.05) is 6.07 Å². The molecule has 126 valence electrons. The highest BCUT2D eigenvalue weighted by Crippen LogP contribution is 2.24. The fraction of sp³-hybridized carbons (Fsp3) is 0.444. The summed E-state index contributed by atoms with van der Waals surface area (Å²) in [5.41, 5.74) is 1.35. The number of anilines is 1. The zero-order valence-corrected chi connectivity index (χ0v) is 14.7. The van der Waals surface area contributed by atoms with Crippen LogP contribution in [-0.2, 0) is 4.74 Å². The lowest BCUT2D eigenvalue weighted by Gasteiger charge is -2.37. The van der Waals surface area contributed by atoms with Crippen molar-refractivity contribution in [3.63, 3.8) is 0 Å². The van der Waals surface area contributed by atoms with E-state index >= 15 is 0 Å². The number of ether oxygens (including phenoxy) is 1. The van der Waals surface area contributed by atoms with Gasteiger partial charge in [-0.05, 0) is 38.1 Å². The number of morpholine rings is 1. The van der Waals surface area contributed by atoms with Crippen molar-refractivity contribution in [3.8, 4) is 6.07 Å². The minimum absolute atomic E-state index is 0.358. The van der Waals surface area contributed by atoms with Crippen LogP contribution >= 0.6 is 11.6 Å². The summed E-state index contributed by atoms with van der Waals surface area (Å²) in [6, 6.07) is 10.2. The number of hydrogen-bond acceptors (Lipinski definition) is 5. The van der Waals surface area contributed by atoms with Gasteiger partial charge in [0.25, 0.3) is 0 Å². The Morgan fingerprint density at radius 3 is 3.08 bits per heavy atom. The molecule has 2 heterocycles. The van der Waals surface area contributed by atoms with Crippen molar-refractivity contribution in [1.82, 2.24) is 9.88 Å². The molecule has 0 aliphatic carbocycles. The van der Waals surface area contributed by atoms with Gasteiger partial charge in [0, 0.05) is 35.6 Å². The van der Waals surface area contributed by atoms with Gasteiger partial charge in [0.1, 0.15) is 5.82 Å². The Morgan fingerprint density at radius 2 is 2.33 bits per heavy atom. The fourth-order valence-electron chi connectivity index (χ4n) is 3.15. The van der Waals surface area contributed by atoms with Crippen LogP contribution in [0, 0.1) is 11.3 Å². The standard InChI is InChI=1S/C18H21ClN4O/c1-12(23-5-6-24-11-13(23)2)10-21-18-7-14(9-20)16-8-15(19)3-4-17(16)22-18/h3-4,7-8,12-13H,5-6,10-11H2,1-2H3,(H,21,22). The Balaban J connectivity index is 1.75. The number of nitrogens with zero attached hydrogens (tertiary/aromatic N) is 3. The maximum atomic E-state index is 9.40. The molecule has 6 heteroatoms. The highest BCUT2D eigenvalue weighted by atomic mass is 35.5. The van der Waals surface area contributed by atoms with Crippen LogP contribution in [0.4, 0.5) is 5.82 Å². The second-order valence-corrected chi connectivity index (χ2v) is 6.66. The highest BCUT2D eigenvalue weighted by molar-refractivity contribution is 6.31. The van der Waals surface area contributed by atoms with Gasteiger partial charge in [0.2, 0.25) is 0 Å². The first-order valence-corrected chi connectivity index (χ1v) is 8.54. The smallest absolute Gasteiger partial charge is 0.128 e. The number of nitriles is 1. The molecule has 1 aliphatic rings. The average molecular weight is 345 g/mol. The first-order valence-electron chi connectivity index (χ1n) is 8.16. The molecule has 0 saturated carbocycles. The lowest BCUT2D eigenvalue weighted by Crippen LogP contribution is -2.50. The summed E-state index contributed by atoms with van der Waals surface area (Å²) in [6.07, 6.45) is 0. The van der Waals surface area contributed by atoms with Gasteiger partial charge in [0.15, 0.2) is 0 Å². The average Bonchev–Trinajstić information content (AvgIpc) is 2.59. The summed E-state index contributed by atoms with van der Waals surface area (Å²) in [5.74, 6) is 0.717. The van der Waals surface area contributed by atoms with E-state index in [-0.39, 0.29) is 0 Å². The largest absolute Gasteiger partial charge is 0.379 e. The van der Waals surface area contributed by atoms with Crippen molar-refractivity contribution in [2.75, 3.05) is 31.6 Å². The molecule has 0 bridgehead atoms. The van der Waals surface area contributed by atoms with E-state index in [9.17, 15) is 5.26 Å². The normalized spacial score (nSPS) is 19.8. The van der Waals surface area contributed by atoms with E-state index in [0.29, 0.717) is 28.5 Å². The number of halogens is 1. The molecule has 0 amide bonds. The number of hydrogen-bond donors (Lipinski definition) is 1. The molecule has 1 fully saturated rings. The van der Waals surface area contributed by atoms with E-state index in [0.717, 1.165) is 37.2 Å². The van der Waals surface area contributed by atoms with Crippen molar-refractivity contribution in [1.29, 1.82) is 5.26 Å². The summed E-state index contributed by atoms with van der Waals surface area (Å²) < 4.78 is 5.49. The molecule has 3 rings (SSSR count). The van der Waals surface area contributed by atoms with Crippen LogP contribution in [0.1, 0.15) is 19.4 Å². The summed E-state index contributed by atoms with van der Waals surface area (Å²) in [7, 11) is 0.